The van der Waals surface area contributed by atoms with E-state index in [1.54, 1.807) is 6.20 Å². The predicted molar refractivity (Wildman–Crippen MR) is 81.4 cm³/mol. The number of aromatic nitrogens is 1. The van der Waals surface area contributed by atoms with Crippen LogP contribution in [0.25, 0.3) is 0 Å². The summed E-state index contributed by atoms with van der Waals surface area (Å²) in [5.74, 6) is 0.533. The van der Waals surface area contributed by atoms with Crippen LogP contribution in [0.4, 0.5) is 10.8 Å². The van der Waals surface area contributed by atoms with Gasteiger partial charge in [-0.25, -0.2) is 4.98 Å². The molecule has 1 amide bonds. The zero-order chi connectivity index (χ0) is 14.4. The Hall–Kier alpha value is -2.08. The van der Waals surface area contributed by atoms with Gasteiger partial charge in [-0.15, -0.1) is 11.3 Å². The molecular formula is C14H17N3O2S. The highest BCUT2D eigenvalue weighted by Gasteiger charge is 2.08. The van der Waals surface area contributed by atoms with E-state index < -0.39 is 0 Å². The molecule has 5 nitrogen and oxygen atoms in total. The average molecular weight is 291 g/mol. The Morgan fingerprint density at radius 2 is 2.20 bits per heavy atom. The minimum absolute atomic E-state index is 0.0569. The van der Waals surface area contributed by atoms with Gasteiger partial charge in [0.05, 0.1) is 18.3 Å². The van der Waals surface area contributed by atoms with Crippen molar-refractivity contribution in [3.05, 3.63) is 35.8 Å². The maximum Gasteiger partial charge on any atom is 0.243 e. The highest BCUT2D eigenvalue weighted by molar-refractivity contribution is 7.13. The lowest BCUT2D eigenvalue weighted by Crippen LogP contribution is -2.22. The number of para-hydroxylation sites is 2. The van der Waals surface area contributed by atoms with Gasteiger partial charge in [-0.05, 0) is 26.0 Å². The van der Waals surface area contributed by atoms with Crippen LogP contribution in [0.2, 0.25) is 0 Å². The molecular weight excluding hydrogens is 274 g/mol. The smallest absolute Gasteiger partial charge is 0.243 e. The number of amides is 1. The number of ether oxygens (including phenoxy) is 1. The van der Waals surface area contributed by atoms with E-state index >= 15 is 0 Å². The van der Waals surface area contributed by atoms with Gasteiger partial charge in [0.15, 0.2) is 5.13 Å². The second kappa shape index (κ2) is 6.91. The first kappa shape index (κ1) is 14.3. The summed E-state index contributed by atoms with van der Waals surface area (Å²) in [5.41, 5.74) is 0.673. The molecule has 0 spiro atoms. The monoisotopic (exact) mass is 291 g/mol. The summed E-state index contributed by atoms with van der Waals surface area (Å²) in [7, 11) is 0. The number of benzene rings is 1. The second-order valence-corrected chi connectivity index (χ2v) is 5.30. The van der Waals surface area contributed by atoms with E-state index in [2.05, 4.69) is 15.6 Å². The molecule has 0 bridgehead atoms. The minimum Gasteiger partial charge on any atom is -0.489 e. The van der Waals surface area contributed by atoms with Crippen LogP contribution in [0.3, 0.4) is 0 Å². The van der Waals surface area contributed by atoms with Crippen molar-refractivity contribution in [3.8, 4) is 5.75 Å². The molecule has 1 heterocycles. The maximum atomic E-state index is 11.9. The molecule has 0 aliphatic heterocycles. The van der Waals surface area contributed by atoms with Crippen molar-refractivity contribution in [1.82, 2.24) is 4.98 Å². The van der Waals surface area contributed by atoms with E-state index in [0.29, 0.717) is 11.4 Å². The van der Waals surface area contributed by atoms with Crippen molar-refractivity contribution in [2.75, 3.05) is 17.2 Å². The first-order valence-electron chi connectivity index (χ1n) is 6.34. The van der Waals surface area contributed by atoms with Gasteiger partial charge in [-0.2, -0.15) is 0 Å². The first-order chi connectivity index (χ1) is 9.65. The molecule has 0 fully saturated rings. The van der Waals surface area contributed by atoms with Crippen molar-refractivity contribution >= 4 is 28.1 Å². The van der Waals surface area contributed by atoms with E-state index in [-0.39, 0.29) is 18.6 Å². The molecule has 20 heavy (non-hydrogen) atoms. The molecule has 0 aliphatic carbocycles. The summed E-state index contributed by atoms with van der Waals surface area (Å²) in [5, 5.41) is 8.37. The quantitative estimate of drug-likeness (QED) is 0.859. The Morgan fingerprint density at radius 3 is 2.90 bits per heavy atom. The van der Waals surface area contributed by atoms with E-state index in [9.17, 15) is 4.79 Å². The second-order valence-electron chi connectivity index (χ2n) is 4.40. The number of carbonyl (C=O) groups is 1. The molecule has 2 aromatic rings. The third-order valence-electron chi connectivity index (χ3n) is 2.36. The SMILES string of the molecule is CC(C)Oc1ccccc1NC(=O)CNc1nccs1. The summed E-state index contributed by atoms with van der Waals surface area (Å²) >= 11 is 1.46. The number of rotatable bonds is 6. The minimum atomic E-state index is -0.139. The van der Waals surface area contributed by atoms with Crippen molar-refractivity contribution in [2.24, 2.45) is 0 Å². The van der Waals surface area contributed by atoms with E-state index in [1.807, 2.05) is 43.5 Å². The fourth-order valence-corrected chi connectivity index (χ4v) is 2.12. The summed E-state index contributed by atoms with van der Waals surface area (Å²) in [6.07, 6.45) is 1.75. The van der Waals surface area contributed by atoms with Gasteiger partial charge in [0.25, 0.3) is 0 Å². The number of carbonyl (C=O) groups excluding carboxylic acids is 1. The average Bonchev–Trinajstić information content (AvgIpc) is 2.91. The molecule has 0 atom stereocenters. The lowest BCUT2D eigenvalue weighted by Gasteiger charge is -2.14. The Morgan fingerprint density at radius 1 is 1.40 bits per heavy atom. The van der Waals surface area contributed by atoms with Gasteiger partial charge in [0.2, 0.25) is 5.91 Å². The number of anilines is 2. The fraction of sp³-hybridized carbons (Fsp3) is 0.286. The summed E-state index contributed by atoms with van der Waals surface area (Å²) < 4.78 is 5.65. The van der Waals surface area contributed by atoms with Gasteiger partial charge in [0, 0.05) is 11.6 Å². The van der Waals surface area contributed by atoms with Crippen LogP contribution in [0.1, 0.15) is 13.8 Å². The molecule has 0 radical (unpaired) electrons. The van der Waals surface area contributed by atoms with Gasteiger partial charge in [-0.3, -0.25) is 4.79 Å². The van der Waals surface area contributed by atoms with Crippen LogP contribution < -0.4 is 15.4 Å². The van der Waals surface area contributed by atoms with Gasteiger partial charge in [-0.1, -0.05) is 12.1 Å². The van der Waals surface area contributed by atoms with Crippen LogP contribution >= 0.6 is 11.3 Å². The van der Waals surface area contributed by atoms with Gasteiger partial charge >= 0.3 is 0 Å². The highest BCUT2D eigenvalue weighted by Crippen LogP contribution is 2.24. The van der Waals surface area contributed by atoms with Gasteiger partial charge in [0.1, 0.15) is 5.75 Å². The van der Waals surface area contributed by atoms with Gasteiger partial charge < -0.3 is 15.4 Å². The van der Waals surface area contributed by atoms with Crippen LogP contribution in [-0.2, 0) is 4.79 Å². The van der Waals surface area contributed by atoms with Crippen LogP contribution in [-0.4, -0.2) is 23.5 Å². The number of nitrogens with zero attached hydrogens (tertiary/aromatic N) is 1. The van der Waals surface area contributed by atoms with Crippen molar-refractivity contribution in [3.63, 3.8) is 0 Å². The fourth-order valence-electron chi connectivity index (χ4n) is 1.59. The zero-order valence-corrected chi connectivity index (χ0v) is 12.2. The van der Waals surface area contributed by atoms with Crippen molar-refractivity contribution < 1.29 is 9.53 Å². The molecule has 1 aromatic carbocycles. The molecule has 106 valence electrons. The summed E-state index contributed by atoms with van der Waals surface area (Å²) in [6.45, 7) is 4.06. The van der Waals surface area contributed by atoms with E-state index in [0.717, 1.165) is 5.13 Å². The van der Waals surface area contributed by atoms with Crippen LogP contribution in [0.5, 0.6) is 5.75 Å². The molecule has 6 heteroatoms. The Balaban J connectivity index is 1.93. The van der Waals surface area contributed by atoms with Crippen molar-refractivity contribution in [1.29, 1.82) is 0 Å². The number of nitrogens with one attached hydrogen (secondary N) is 2. The number of thiazole rings is 1. The van der Waals surface area contributed by atoms with E-state index in [4.69, 9.17) is 4.74 Å². The summed E-state index contributed by atoms with van der Waals surface area (Å²) in [4.78, 5) is 15.9. The third-order valence-corrected chi connectivity index (χ3v) is 3.09. The van der Waals surface area contributed by atoms with E-state index in [1.165, 1.54) is 11.3 Å². The van der Waals surface area contributed by atoms with Crippen LogP contribution in [0, 0.1) is 0 Å². The molecule has 2 rings (SSSR count). The Bertz CT molecular complexity index is 555. The van der Waals surface area contributed by atoms with Crippen LogP contribution in [0.15, 0.2) is 35.8 Å². The molecule has 1 aromatic heterocycles. The number of hydrogen-bond acceptors (Lipinski definition) is 5. The lowest BCUT2D eigenvalue weighted by atomic mass is 10.3. The Kier molecular flexibility index (Phi) is 4.95. The molecule has 0 unspecified atom stereocenters. The zero-order valence-electron chi connectivity index (χ0n) is 11.4. The maximum absolute atomic E-state index is 11.9. The lowest BCUT2D eigenvalue weighted by molar-refractivity contribution is -0.114. The first-order valence-corrected chi connectivity index (χ1v) is 7.22. The number of hydrogen-bond donors (Lipinski definition) is 2. The van der Waals surface area contributed by atoms with Crippen molar-refractivity contribution in [2.45, 2.75) is 20.0 Å². The molecule has 2 N–H and O–H groups in total. The molecule has 0 aliphatic rings. The largest absolute Gasteiger partial charge is 0.489 e. The third kappa shape index (κ3) is 4.24. The Labute approximate surface area is 122 Å². The predicted octanol–water partition coefficient (Wildman–Crippen LogP) is 2.98. The topological polar surface area (TPSA) is 63.2 Å². The highest BCUT2D eigenvalue weighted by atomic mass is 32.1. The molecule has 0 saturated carbocycles. The molecule has 0 saturated heterocycles. The standard InChI is InChI=1S/C14H17N3O2S/c1-10(2)19-12-6-4-3-5-11(12)17-13(18)9-16-14-15-7-8-20-14/h3-8,10H,9H2,1-2H3,(H,15,16)(H,17,18). The normalized spacial score (nSPS) is 10.3. The summed E-state index contributed by atoms with van der Waals surface area (Å²) in [6, 6.07) is 7.39.